The molecule has 0 spiro atoms. The highest BCUT2D eigenvalue weighted by Crippen LogP contribution is 2.16. The summed E-state index contributed by atoms with van der Waals surface area (Å²) in [5.74, 6) is 0.186. The van der Waals surface area contributed by atoms with Gasteiger partial charge in [-0.2, -0.15) is 11.3 Å². The van der Waals surface area contributed by atoms with Crippen molar-refractivity contribution < 1.29 is 9.53 Å². The fourth-order valence-electron chi connectivity index (χ4n) is 2.67. The molecule has 2 aromatic heterocycles. The van der Waals surface area contributed by atoms with E-state index in [2.05, 4.69) is 9.97 Å². The zero-order valence-corrected chi connectivity index (χ0v) is 13.2. The number of morpholine rings is 1. The lowest BCUT2D eigenvalue weighted by molar-refractivity contribution is -0.139. The Morgan fingerprint density at radius 3 is 3.18 bits per heavy atom. The number of ether oxygens (including phenoxy) is 1. The largest absolute Gasteiger partial charge is 0.377 e. The van der Waals surface area contributed by atoms with Gasteiger partial charge in [-0.05, 0) is 35.2 Å². The van der Waals surface area contributed by atoms with Crippen LogP contribution >= 0.6 is 11.3 Å². The summed E-state index contributed by atoms with van der Waals surface area (Å²) in [5.41, 5.74) is 2.05. The number of hydrogen-bond acceptors (Lipinski definition) is 5. The van der Waals surface area contributed by atoms with Gasteiger partial charge in [0.15, 0.2) is 0 Å². The predicted octanol–water partition coefficient (Wildman–Crippen LogP) is 1.94. The van der Waals surface area contributed by atoms with Crippen LogP contribution in [0.1, 0.15) is 17.7 Å². The Kier molecular flexibility index (Phi) is 5.13. The lowest BCUT2D eigenvalue weighted by Gasteiger charge is -2.35. The van der Waals surface area contributed by atoms with Crippen LogP contribution in [0.4, 0.5) is 0 Å². The Labute approximate surface area is 134 Å². The third-order valence-electron chi connectivity index (χ3n) is 3.83. The van der Waals surface area contributed by atoms with E-state index >= 15 is 0 Å². The first kappa shape index (κ1) is 15.1. The fourth-order valence-corrected chi connectivity index (χ4v) is 3.33. The zero-order valence-electron chi connectivity index (χ0n) is 12.4. The van der Waals surface area contributed by atoms with Crippen molar-refractivity contribution in [2.75, 3.05) is 19.8 Å². The second-order valence-electron chi connectivity index (χ2n) is 5.36. The number of rotatable bonds is 5. The van der Waals surface area contributed by atoms with E-state index in [9.17, 15) is 4.79 Å². The quantitative estimate of drug-likeness (QED) is 0.846. The van der Waals surface area contributed by atoms with E-state index in [-0.39, 0.29) is 11.9 Å². The minimum Gasteiger partial charge on any atom is -0.377 e. The standard InChI is InChI=1S/C16H19N3O2S/c20-16(9-13-3-8-22-12-13)19-6-7-21-11-15(19)2-1-14-10-17-4-5-18-14/h3-5,8,10,12,15H,1-2,6-7,9,11H2/t15-/m0/s1. The molecule has 0 radical (unpaired) electrons. The maximum atomic E-state index is 12.5. The topological polar surface area (TPSA) is 55.3 Å². The van der Waals surface area contributed by atoms with Crippen molar-refractivity contribution in [3.63, 3.8) is 0 Å². The zero-order chi connectivity index (χ0) is 15.2. The third kappa shape index (κ3) is 3.90. The monoisotopic (exact) mass is 317 g/mol. The Hall–Kier alpha value is -1.79. The van der Waals surface area contributed by atoms with E-state index in [1.807, 2.05) is 21.7 Å². The molecule has 3 rings (SSSR count). The highest BCUT2D eigenvalue weighted by atomic mass is 32.1. The first-order valence-corrected chi connectivity index (χ1v) is 8.40. The number of carbonyl (C=O) groups excluding carboxylic acids is 1. The second-order valence-corrected chi connectivity index (χ2v) is 6.14. The van der Waals surface area contributed by atoms with Gasteiger partial charge < -0.3 is 9.64 Å². The van der Waals surface area contributed by atoms with Crippen LogP contribution in [0.5, 0.6) is 0 Å². The number of carbonyl (C=O) groups is 1. The smallest absolute Gasteiger partial charge is 0.227 e. The van der Waals surface area contributed by atoms with E-state index in [0.29, 0.717) is 26.2 Å². The van der Waals surface area contributed by atoms with Crippen molar-refractivity contribution >= 4 is 17.2 Å². The van der Waals surface area contributed by atoms with E-state index in [4.69, 9.17) is 4.74 Å². The molecule has 1 amide bonds. The lowest BCUT2D eigenvalue weighted by atomic mass is 10.1. The van der Waals surface area contributed by atoms with Crippen molar-refractivity contribution in [2.45, 2.75) is 25.3 Å². The van der Waals surface area contributed by atoms with Gasteiger partial charge in [0.1, 0.15) is 0 Å². The second kappa shape index (κ2) is 7.47. The van der Waals surface area contributed by atoms with Crippen molar-refractivity contribution in [2.24, 2.45) is 0 Å². The van der Waals surface area contributed by atoms with Crippen LogP contribution in [-0.2, 0) is 22.4 Å². The molecule has 1 saturated heterocycles. The summed E-state index contributed by atoms with van der Waals surface area (Å²) in [7, 11) is 0. The van der Waals surface area contributed by atoms with Gasteiger partial charge in [0.25, 0.3) is 0 Å². The van der Waals surface area contributed by atoms with Gasteiger partial charge in [-0.3, -0.25) is 14.8 Å². The highest BCUT2D eigenvalue weighted by Gasteiger charge is 2.27. The molecular weight excluding hydrogens is 298 g/mol. The lowest BCUT2D eigenvalue weighted by Crippen LogP contribution is -2.49. The molecule has 2 aromatic rings. The molecule has 116 valence electrons. The van der Waals surface area contributed by atoms with Crippen LogP contribution in [0.2, 0.25) is 0 Å². The highest BCUT2D eigenvalue weighted by molar-refractivity contribution is 7.07. The Bertz CT molecular complexity index is 589. The van der Waals surface area contributed by atoms with Gasteiger partial charge in [-0.15, -0.1) is 0 Å². The fraction of sp³-hybridized carbons (Fsp3) is 0.438. The molecule has 0 N–H and O–H groups in total. The molecular formula is C16H19N3O2S. The summed E-state index contributed by atoms with van der Waals surface area (Å²) < 4.78 is 5.56. The maximum absolute atomic E-state index is 12.5. The van der Waals surface area contributed by atoms with Gasteiger partial charge in [0.2, 0.25) is 5.91 Å². The minimum absolute atomic E-state index is 0.127. The summed E-state index contributed by atoms with van der Waals surface area (Å²) in [5, 5.41) is 4.04. The predicted molar refractivity (Wildman–Crippen MR) is 84.7 cm³/mol. The molecule has 22 heavy (non-hydrogen) atoms. The number of hydrogen-bond donors (Lipinski definition) is 0. The summed E-state index contributed by atoms with van der Waals surface area (Å²) in [6.45, 7) is 1.90. The molecule has 0 unspecified atom stereocenters. The number of aromatic nitrogens is 2. The minimum atomic E-state index is 0.127. The van der Waals surface area contributed by atoms with Crippen LogP contribution in [0, 0.1) is 0 Å². The number of thiophene rings is 1. The molecule has 1 fully saturated rings. The molecule has 6 heteroatoms. The van der Waals surface area contributed by atoms with Gasteiger partial charge in [-0.1, -0.05) is 0 Å². The molecule has 0 aromatic carbocycles. The van der Waals surface area contributed by atoms with Crippen LogP contribution in [0.25, 0.3) is 0 Å². The molecule has 0 aliphatic carbocycles. The first-order valence-electron chi connectivity index (χ1n) is 7.46. The van der Waals surface area contributed by atoms with Crippen LogP contribution in [0.15, 0.2) is 35.4 Å². The molecule has 1 aliphatic rings. The van der Waals surface area contributed by atoms with E-state index in [1.165, 1.54) is 0 Å². The van der Waals surface area contributed by atoms with E-state index in [1.54, 1.807) is 29.9 Å². The van der Waals surface area contributed by atoms with Crippen molar-refractivity contribution in [1.29, 1.82) is 0 Å². The summed E-state index contributed by atoms with van der Waals surface area (Å²) in [4.78, 5) is 22.9. The number of aryl methyl sites for hydroxylation is 1. The number of amides is 1. The molecule has 0 bridgehead atoms. The summed E-state index contributed by atoms with van der Waals surface area (Å²) in [6, 6.07) is 2.14. The van der Waals surface area contributed by atoms with Gasteiger partial charge >= 0.3 is 0 Å². The Morgan fingerprint density at radius 2 is 2.41 bits per heavy atom. The van der Waals surface area contributed by atoms with Gasteiger partial charge in [0, 0.05) is 25.1 Å². The average Bonchev–Trinajstić information content (AvgIpc) is 3.07. The van der Waals surface area contributed by atoms with Gasteiger partial charge in [0.05, 0.1) is 31.4 Å². The van der Waals surface area contributed by atoms with Crippen LogP contribution in [-0.4, -0.2) is 46.6 Å². The average molecular weight is 317 g/mol. The van der Waals surface area contributed by atoms with Crippen LogP contribution < -0.4 is 0 Å². The Balaban J connectivity index is 1.59. The SMILES string of the molecule is O=C(Cc1ccsc1)N1CCOC[C@@H]1CCc1cnccn1. The summed E-state index contributed by atoms with van der Waals surface area (Å²) >= 11 is 1.63. The van der Waals surface area contributed by atoms with Crippen molar-refractivity contribution in [3.05, 3.63) is 46.7 Å². The number of nitrogens with zero attached hydrogens (tertiary/aromatic N) is 3. The summed E-state index contributed by atoms with van der Waals surface area (Å²) in [6.07, 6.45) is 7.29. The van der Waals surface area contributed by atoms with Crippen LogP contribution in [0.3, 0.4) is 0 Å². The molecule has 3 heterocycles. The van der Waals surface area contributed by atoms with Crippen molar-refractivity contribution in [1.82, 2.24) is 14.9 Å². The first-order chi connectivity index (χ1) is 10.8. The van der Waals surface area contributed by atoms with E-state index < -0.39 is 0 Å². The molecule has 1 atom stereocenters. The van der Waals surface area contributed by atoms with E-state index in [0.717, 1.165) is 24.1 Å². The molecule has 5 nitrogen and oxygen atoms in total. The Morgan fingerprint density at radius 1 is 1.45 bits per heavy atom. The van der Waals surface area contributed by atoms with Crippen molar-refractivity contribution in [3.8, 4) is 0 Å². The van der Waals surface area contributed by atoms with Gasteiger partial charge in [-0.25, -0.2) is 0 Å². The normalized spacial score (nSPS) is 18.4. The maximum Gasteiger partial charge on any atom is 0.227 e. The molecule has 1 aliphatic heterocycles. The third-order valence-corrected chi connectivity index (χ3v) is 4.57. The molecule has 0 saturated carbocycles.